The third-order valence-electron chi connectivity index (χ3n) is 5.61. The van der Waals surface area contributed by atoms with Crippen LogP contribution in [-0.4, -0.2) is 23.3 Å². The second-order valence-corrected chi connectivity index (χ2v) is 8.92. The van der Waals surface area contributed by atoms with E-state index in [2.05, 4.69) is 6.92 Å². The molecule has 0 N–H and O–H groups in total. The number of benzene rings is 3. The highest BCUT2D eigenvalue weighted by atomic mass is 32.1. The highest BCUT2D eigenvalue weighted by Crippen LogP contribution is 2.42. The lowest BCUT2D eigenvalue weighted by Gasteiger charge is -2.12. The van der Waals surface area contributed by atoms with Crippen molar-refractivity contribution in [2.24, 2.45) is 0 Å². The van der Waals surface area contributed by atoms with Crippen molar-refractivity contribution in [3.05, 3.63) is 76.3 Å². The minimum absolute atomic E-state index is 0.200. The molecular weight excluding hydrogens is 410 g/mol. The van der Waals surface area contributed by atoms with Gasteiger partial charge in [0.05, 0.1) is 20.3 Å². The van der Waals surface area contributed by atoms with Gasteiger partial charge in [0.1, 0.15) is 0 Å². The molecule has 4 aromatic rings. The normalized spacial score (nSPS) is 13.4. The molecule has 2 amide bonds. The average Bonchev–Trinajstić information content (AvgIpc) is 3.02. The molecule has 1 aliphatic heterocycles. The molecule has 3 aromatic carbocycles. The second-order valence-electron chi connectivity index (χ2n) is 7.46. The minimum Gasteiger partial charge on any atom is -0.274 e. The summed E-state index contributed by atoms with van der Waals surface area (Å²) in [6.45, 7) is 2.50. The number of hydrogen-bond donors (Lipinski definition) is 0. The highest BCUT2D eigenvalue weighted by molar-refractivity contribution is 7.72. The zero-order valence-corrected chi connectivity index (χ0v) is 18.1. The molecule has 0 fully saturated rings. The Balaban J connectivity index is 1.91. The van der Waals surface area contributed by atoms with Gasteiger partial charge in [-0.25, -0.2) is 0 Å². The zero-order chi connectivity index (χ0) is 20.8. The van der Waals surface area contributed by atoms with E-state index in [4.69, 9.17) is 12.2 Å². The second kappa shape index (κ2) is 7.42. The Kier molecular flexibility index (Phi) is 4.72. The largest absolute Gasteiger partial charge is 0.274 e. The lowest BCUT2D eigenvalue weighted by atomic mass is 9.95. The van der Waals surface area contributed by atoms with Crippen LogP contribution < -0.4 is 0 Å². The van der Waals surface area contributed by atoms with Gasteiger partial charge in [0.25, 0.3) is 11.8 Å². The van der Waals surface area contributed by atoms with E-state index in [1.165, 1.54) is 4.90 Å². The van der Waals surface area contributed by atoms with Crippen molar-refractivity contribution in [2.45, 2.75) is 19.8 Å². The molecule has 2 heterocycles. The number of carbonyl (C=O) groups excluding carboxylic acids is 2. The molecule has 30 heavy (non-hydrogen) atoms. The van der Waals surface area contributed by atoms with Gasteiger partial charge in [0.2, 0.25) is 0 Å². The van der Waals surface area contributed by atoms with Crippen LogP contribution in [0.15, 0.2) is 60.7 Å². The summed E-state index contributed by atoms with van der Waals surface area (Å²) in [4.78, 5) is 27.9. The SMILES string of the molecule is CCCCN1C(=O)c2cc(-c3ccccc3)c3c(=S)c4ccccc4sc3c2C1=O. The van der Waals surface area contributed by atoms with Crippen molar-refractivity contribution in [3.63, 3.8) is 0 Å². The van der Waals surface area contributed by atoms with Gasteiger partial charge in [-0.3, -0.25) is 14.5 Å². The maximum absolute atomic E-state index is 13.3. The standard InChI is InChI=1S/C25H19NO2S2/c1-2-3-13-26-24(27)18-14-17(15-9-5-4-6-10-15)20-22(29)16-11-7-8-12-19(16)30-23(20)21(18)25(26)28/h4-12,14H,2-3,13H2,1H3. The summed E-state index contributed by atoms with van der Waals surface area (Å²) in [5.74, 6) is -0.400. The summed E-state index contributed by atoms with van der Waals surface area (Å²) in [6.07, 6.45) is 1.72. The molecule has 0 radical (unpaired) electrons. The molecule has 0 spiro atoms. The Bertz CT molecular complexity index is 1390. The molecule has 0 bridgehead atoms. The predicted molar refractivity (Wildman–Crippen MR) is 126 cm³/mol. The third-order valence-corrected chi connectivity index (χ3v) is 7.22. The molecule has 0 aliphatic carbocycles. The van der Waals surface area contributed by atoms with Crippen LogP contribution in [0.2, 0.25) is 0 Å². The Morgan fingerprint density at radius 2 is 1.67 bits per heavy atom. The van der Waals surface area contributed by atoms with Gasteiger partial charge in [-0.15, -0.1) is 11.3 Å². The first kappa shape index (κ1) is 19.1. The Morgan fingerprint density at radius 3 is 2.43 bits per heavy atom. The fourth-order valence-electron chi connectivity index (χ4n) is 4.09. The summed E-state index contributed by atoms with van der Waals surface area (Å²) in [5.41, 5.74) is 2.90. The van der Waals surface area contributed by atoms with E-state index in [1.54, 1.807) is 11.3 Å². The van der Waals surface area contributed by atoms with Crippen LogP contribution >= 0.6 is 23.6 Å². The maximum atomic E-state index is 13.3. The van der Waals surface area contributed by atoms with Gasteiger partial charge in [-0.2, -0.15) is 0 Å². The zero-order valence-electron chi connectivity index (χ0n) is 16.5. The molecule has 1 aromatic heterocycles. The van der Waals surface area contributed by atoms with Crippen molar-refractivity contribution in [1.82, 2.24) is 4.90 Å². The molecule has 1 aliphatic rings. The molecular formula is C25H19NO2S2. The first-order valence-electron chi connectivity index (χ1n) is 10.1. The molecule has 3 nitrogen and oxygen atoms in total. The van der Waals surface area contributed by atoms with Gasteiger partial charge in [-0.05, 0) is 29.7 Å². The van der Waals surface area contributed by atoms with Crippen molar-refractivity contribution in [2.75, 3.05) is 6.54 Å². The van der Waals surface area contributed by atoms with E-state index < -0.39 is 0 Å². The van der Waals surface area contributed by atoms with Gasteiger partial charge >= 0.3 is 0 Å². The number of rotatable bonds is 4. The van der Waals surface area contributed by atoms with Crippen LogP contribution in [0.5, 0.6) is 0 Å². The maximum Gasteiger partial charge on any atom is 0.263 e. The van der Waals surface area contributed by atoms with Crippen LogP contribution in [0.25, 0.3) is 31.3 Å². The van der Waals surface area contributed by atoms with E-state index in [1.807, 2.05) is 60.7 Å². The molecule has 0 saturated heterocycles. The monoisotopic (exact) mass is 429 g/mol. The fraction of sp³-hybridized carbons (Fsp3) is 0.160. The minimum atomic E-state index is -0.200. The van der Waals surface area contributed by atoms with Crippen molar-refractivity contribution in [1.29, 1.82) is 0 Å². The van der Waals surface area contributed by atoms with Crippen LogP contribution in [0.3, 0.4) is 0 Å². The predicted octanol–water partition coefficient (Wildman–Crippen LogP) is 6.85. The topological polar surface area (TPSA) is 37.4 Å². The summed E-state index contributed by atoms with van der Waals surface area (Å²) in [7, 11) is 0. The highest BCUT2D eigenvalue weighted by Gasteiger charge is 2.38. The first-order chi connectivity index (χ1) is 14.6. The Hall–Kier alpha value is -2.89. The number of unbranched alkanes of at least 4 members (excludes halogenated alkanes) is 1. The number of hydrogen-bond acceptors (Lipinski definition) is 4. The van der Waals surface area contributed by atoms with Crippen molar-refractivity contribution < 1.29 is 9.59 Å². The van der Waals surface area contributed by atoms with Crippen molar-refractivity contribution >= 4 is 55.5 Å². The van der Waals surface area contributed by atoms with E-state index in [0.29, 0.717) is 17.7 Å². The summed E-state index contributed by atoms with van der Waals surface area (Å²) in [6, 6.07) is 19.8. The van der Waals surface area contributed by atoms with E-state index in [0.717, 1.165) is 48.7 Å². The number of carbonyl (C=O) groups is 2. The van der Waals surface area contributed by atoms with Crippen LogP contribution in [-0.2, 0) is 0 Å². The number of nitrogens with zero attached hydrogens (tertiary/aromatic N) is 1. The molecule has 0 saturated carbocycles. The van der Waals surface area contributed by atoms with Crippen molar-refractivity contribution in [3.8, 4) is 11.1 Å². The van der Waals surface area contributed by atoms with Gasteiger partial charge < -0.3 is 0 Å². The van der Waals surface area contributed by atoms with E-state index >= 15 is 0 Å². The third kappa shape index (κ3) is 2.81. The summed E-state index contributed by atoms with van der Waals surface area (Å²) >= 11 is 7.46. The summed E-state index contributed by atoms with van der Waals surface area (Å²) < 4.78 is 2.57. The van der Waals surface area contributed by atoms with E-state index in [-0.39, 0.29) is 11.8 Å². The van der Waals surface area contributed by atoms with E-state index in [9.17, 15) is 9.59 Å². The lowest BCUT2D eigenvalue weighted by Crippen LogP contribution is -2.30. The van der Waals surface area contributed by atoms with Crippen LogP contribution in [0.4, 0.5) is 0 Å². The van der Waals surface area contributed by atoms with Crippen LogP contribution in [0, 0.1) is 4.51 Å². The molecule has 148 valence electrons. The summed E-state index contributed by atoms with van der Waals surface area (Å²) in [5, 5.41) is 1.89. The lowest BCUT2D eigenvalue weighted by molar-refractivity contribution is 0.0653. The van der Waals surface area contributed by atoms with Gasteiger partial charge in [0.15, 0.2) is 0 Å². The first-order valence-corrected chi connectivity index (χ1v) is 11.3. The van der Waals surface area contributed by atoms with Crippen LogP contribution in [0.1, 0.15) is 40.5 Å². The smallest absolute Gasteiger partial charge is 0.263 e. The molecule has 0 unspecified atom stereocenters. The average molecular weight is 430 g/mol. The fourth-order valence-corrected chi connectivity index (χ4v) is 5.87. The number of amides is 2. The Labute approximate surface area is 183 Å². The number of fused-ring (bicyclic) bond motifs is 4. The molecule has 5 heteroatoms. The van der Waals surface area contributed by atoms with Gasteiger partial charge in [0, 0.05) is 22.0 Å². The quantitative estimate of drug-likeness (QED) is 0.202. The van der Waals surface area contributed by atoms with Gasteiger partial charge in [-0.1, -0.05) is 74.1 Å². The number of imide groups is 1. The molecule has 0 atom stereocenters. The Morgan fingerprint density at radius 1 is 0.933 bits per heavy atom. The molecule has 5 rings (SSSR count).